The van der Waals surface area contributed by atoms with E-state index in [9.17, 15) is 5.11 Å². The van der Waals surface area contributed by atoms with Crippen molar-refractivity contribution < 1.29 is 19.3 Å². The minimum absolute atomic E-state index is 0. The standard InChI is InChI=1S/C50H68O4.CH4/c1-16-48(7,8)40-25-33-19-31-23-39(47(4,5)6)24-32(43(31)51)20-34-26-41(49(9,10)17-2)28-36(45(34)53-14)22-38-30-42(50(11,12)18-3)29-37(46(38)54-15)21-35(27-40)44(33)52-13;/h23-30,51H,16-22H2,1-15H3;1H4. The van der Waals surface area contributed by atoms with Crippen LogP contribution in [-0.2, 0) is 47.3 Å². The smallest absolute Gasteiger partial charge is 0.125 e. The van der Waals surface area contributed by atoms with E-state index in [0.29, 0.717) is 31.4 Å². The van der Waals surface area contributed by atoms with E-state index in [2.05, 4.69) is 132 Å². The maximum Gasteiger partial charge on any atom is 0.125 e. The molecule has 5 rings (SSSR count). The molecule has 4 heteroatoms. The normalized spacial score (nSPS) is 13.6. The van der Waals surface area contributed by atoms with Crippen LogP contribution in [-0.4, -0.2) is 26.4 Å². The fourth-order valence-electron chi connectivity index (χ4n) is 7.91. The van der Waals surface area contributed by atoms with E-state index in [0.717, 1.165) is 81.0 Å². The SMILES string of the molecule is C.CCC(C)(C)c1cc2c(OC)c(c1)Cc1cc(C(C)(C)CC)cc(c1OC)Cc1cc(C(C)(C)CC)cc(c1OC)Cc1cc(C(C)(C)C)cc(c1O)C2. The summed E-state index contributed by atoms with van der Waals surface area (Å²) in [6.45, 7) is 27.5. The van der Waals surface area contributed by atoms with Crippen LogP contribution in [0, 0.1) is 0 Å². The van der Waals surface area contributed by atoms with Crippen molar-refractivity contribution >= 4 is 0 Å². The number of phenolic OH excluding ortho intramolecular Hbond substituents is 1. The van der Waals surface area contributed by atoms with Crippen molar-refractivity contribution in [2.75, 3.05) is 21.3 Å². The predicted molar refractivity (Wildman–Crippen MR) is 234 cm³/mol. The largest absolute Gasteiger partial charge is 0.507 e. The van der Waals surface area contributed by atoms with Gasteiger partial charge in [0.25, 0.3) is 0 Å². The van der Waals surface area contributed by atoms with Crippen molar-refractivity contribution in [1.29, 1.82) is 0 Å². The van der Waals surface area contributed by atoms with Crippen molar-refractivity contribution in [3.63, 3.8) is 0 Å². The molecule has 8 bridgehead atoms. The fourth-order valence-corrected chi connectivity index (χ4v) is 7.91. The third-order valence-electron chi connectivity index (χ3n) is 13.0. The van der Waals surface area contributed by atoms with Crippen LogP contribution in [0.15, 0.2) is 48.5 Å². The lowest BCUT2D eigenvalue weighted by Crippen LogP contribution is -2.19. The highest BCUT2D eigenvalue weighted by Gasteiger charge is 2.29. The molecule has 1 N–H and O–H groups in total. The minimum atomic E-state index is -0.121. The van der Waals surface area contributed by atoms with Crippen LogP contribution in [0.2, 0.25) is 0 Å². The lowest BCUT2D eigenvalue weighted by atomic mass is 9.77. The second kappa shape index (κ2) is 16.3. The summed E-state index contributed by atoms with van der Waals surface area (Å²) in [4.78, 5) is 0. The van der Waals surface area contributed by atoms with Gasteiger partial charge in [-0.25, -0.2) is 0 Å². The van der Waals surface area contributed by atoms with Gasteiger partial charge in [-0.1, -0.05) is 139 Å². The molecule has 4 aromatic rings. The number of methoxy groups -OCH3 is 3. The Hall–Kier alpha value is -3.92. The van der Waals surface area contributed by atoms with Gasteiger partial charge in [-0.3, -0.25) is 0 Å². The number of ether oxygens (including phenoxy) is 3. The van der Waals surface area contributed by atoms with E-state index in [1.54, 1.807) is 14.2 Å². The zero-order valence-corrected chi connectivity index (χ0v) is 36.2. The zero-order valence-electron chi connectivity index (χ0n) is 36.2. The van der Waals surface area contributed by atoms with E-state index in [-0.39, 0.29) is 29.1 Å². The van der Waals surface area contributed by atoms with Crippen LogP contribution in [0.25, 0.3) is 0 Å². The third kappa shape index (κ3) is 8.74. The third-order valence-corrected chi connectivity index (χ3v) is 13.0. The highest BCUT2D eigenvalue weighted by molar-refractivity contribution is 5.59. The average Bonchev–Trinajstić information content (AvgIpc) is 3.12. The predicted octanol–water partition coefficient (Wildman–Crippen LogP) is 13.1. The van der Waals surface area contributed by atoms with Gasteiger partial charge in [-0.05, 0) is 108 Å². The zero-order chi connectivity index (χ0) is 40.0. The van der Waals surface area contributed by atoms with E-state index < -0.39 is 0 Å². The summed E-state index contributed by atoms with van der Waals surface area (Å²) in [6.07, 6.45) is 5.40. The Morgan fingerprint density at radius 1 is 0.418 bits per heavy atom. The fraction of sp³-hybridized carbons (Fsp3) is 0.529. The number of benzene rings is 4. The molecule has 0 saturated heterocycles. The van der Waals surface area contributed by atoms with E-state index in [4.69, 9.17) is 14.2 Å². The number of rotatable bonds is 9. The summed E-state index contributed by atoms with van der Waals surface area (Å²) in [7, 11) is 5.39. The molecule has 4 nitrogen and oxygen atoms in total. The second-order valence-electron chi connectivity index (χ2n) is 18.8. The Balaban J connectivity index is 0.00000673. The van der Waals surface area contributed by atoms with Crippen LogP contribution >= 0.6 is 0 Å². The maximum absolute atomic E-state index is 12.3. The Morgan fingerprint density at radius 3 is 0.836 bits per heavy atom. The molecule has 1 aliphatic carbocycles. The maximum atomic E-state index is 12.3. The van der Waals surface area contributed by atoms with Crippen molar-refractivity contribution in [3.05, 3.63) is 115 Å². The molecule has 4 aromatic carbocycles. The first-order chi connectivity index (χ1) is 25.2. The highest BCUT2D eigenvalue weighted by atomic mass is 16.5. The first-order valence-electron chi connectivity index (χ1n) is 20.2. The summed E-state index contributed by atoms with van der Waals surface area (Å²) in [5, 5.41) is 12.3. The summed E-state index contributed by atoms with van der Waals surface area (Å²) < 4.78 is 19.2. The lowest BCUT2D eigenvalue weighted by molar-refractivity contribution is 0.396. The molecule has 300 valence electrons. The summed E-state index contributed by atoms with van der Waals surface area (Å²) in [6, 6.07) is 18.5. The number of aromatic hydroxyl groups is 1. The topological polar surface area (TPSA) is 47.9 Å². The monoisotopic (exact) mass is 749 g/mol. The van der Waals surface area contributed by atoms with E-state index in [1.807, 2.05) is 7.11 Å². The van der Waals surface area contributed by atoms with Gasteiger partial charge in [0.2, 0.25) is 0 Å². The number of phenols is 1. The summed E-state index contributed by atoms with van der Waals surface area (Å²) in [5.74, 6) is 3.02. The molecule has 0 radical (unpaired) electrons. The quantitative estimate of drug-likeness (QED) is 0.163. The van der Waals surface area contributed by atoms with Gasteiger partial charge >= 0.3 is 0 Å². The number of hydrogen-bond donors (Lipinski definition) is 1. The van der Waals surface area contributed by atoms with Crippen molar-refractivity contribution in [1.82, 2.24) is 0 Å². The van der Waals surface area contributed by atoms with Gasteiger partial charge in [0, 0.05) is 25.7 Å². The second-order valence-corrected chi connectivity index (χ2v) is 18.8. The van der Waals surface area contributed by atoms with Crippen molar-refractivity contribution in [3.8, 4) is 23.0 Å². The van der Waals surface area contributed by atoms with Gasteiger partial charge in [-0.2, -0.15) is 0 Å². The first kappa shape index (κ1) is 43.8. The van der Waals surface area contributed by atoms with Crippen molar-refractivity contribution in [2.24, 2.45) is 0 Å². The van der Waals surface area contributed by atoms with E-state index in [1.165, 1.54) is 22.3 Å². The summed E-state index contributed by atoms with van der Waals surface area (Å²) in [5.41, 5.74) is 13.4. The Kier molecular flexibility index (Phi) is 13.0. The lowest BCUT2D eigenvalue weighted by Gasteiger charge is -2.30. The molecule has 0 amide bonds. The molecule has 0 unspecified atom stereocenters. The van der Waals surface area contributed by atoms with Gasteiger partial charge in [-0.15, -0.1) is 0 Å². The number of hydrogen-bond acceptors (Lipinski definition) is 4. The molecule has 0 saturated carbocycles. The van der Waals surface area contributed by atoms with Crippen LogP contribution in [0.4, 0.5) is 0 Å². The first-order valence-corrected chi connectivity index (χ1v) is 20.2. The van der Waals surface area contributed by atoms with Gasteiger partial charge < -0.3 is 19.3 Å². The van der Waals surface area contributed by atoms with Crippen LogP contribution < -0.4 is 14.2 Å². The van der Waals surface area contributed by atoms with E-state index >= 15 is 0 Å². The Bertz CT molecular complexity index is 1880. The molecule has 0 atom stereocenters. The van der Waals surface area contributed by atoms with Crippen LogP contribution in [0.1, 0.15) is 177 Å². The summed E-state index contributed by atoms with van der Waals surface area (Å²) >= 11 is 0. The molecule has 0 spiro atoms. The Morgan fingerprint density at radius 2 is 0.636 bits per heavy atom. The average molecular weight is 749 g/mol. The number of fused-ring (bicyclic) bond motifs is 8. The van der Waals surface area contributed by atoms with Crippen LogP contribution in [0.5, 0.6) is 23.0 Å². The van der Waals surface area contributed by atoms with Crippen LogP contribution in [0.3, 0.4) is 0 Å². The van der Waals surface area contributed by atoms with Gasteiger partial charge in [0.15, 0.2) is 0 Å². The van der Waals surface area contributed by atoms with Gasteiger partial charge in [0.1, 0.15) is 23.0 Å². The molecule has 0 aromatic heterocycles. The molecular formula is C51H72O4. The molecule has 0 aliphatic heterocycles. The Labute approximate surface area is 335 Å². The molecule has 0 heterocycles. The molecular weight excluding hydrogens is 677 g/mol. The molecule has 0 fully saturated rings. The van der Waals surface area contributed by atoms with Gasteiger partial charge in [0.05, 0.1) is 21.3 Å². The van der Waals surface area contributed by atoms with Crippen molar-refractivity contribution in [2.45, 2.75) is 157 Å². The minimum Gasteiger partial charge on any atom is -0.507 e. The highest BCUT2D eigenvalue weighted by Crippen LogP contribution is 2.44. The molecule has 55 heavy (non-hydrogen) atoms. The molecule has 1 aliphatic rings.